The molecule has 2 aromatic heterocycles. The van der Waals surface area contributed by atoms with Gasteiger partial charge in [-0.15, -0.1) is 0 Å². The maximum Gasteiger partial charge on any atom is 0.296 e. The number of methoxy groups -OCH3 is 1. The Morgan fingerprint density at radius 1 is 1.27 bits per heavy atom. The highest BCUT2D eigenvalue weighted by Crippen LogP contribution is 2.40. The normalized spacial score (nSPS) is 18.1. The van der Waals surface area contributed by atoms with E-state index >= 15 is 0 Å². The Balaban J connectivity index is 1.85. The standard InChI is InChI=1S/C22H17FN2O5/c1-29-17-7-6-13(10-16(17)23)20(26)18-19(14-4-2-8-24-11-14)25(22(28)21(18)27)12-15-5-3-9-30-15/h2-11,19,26H,12H2,1H3/b20-18-. The summed E-state index contributed by atoms with van der Waals surface area (Å²) >= 11 is 0. The summed E-state index contributed by atoms with van der Waals surface area (Å²) in [4.78, 5) is 31.0. The first-order valence-electron chi connectivity index (χ1n) is 9.06. The van der Waals surface area contributed by atoms with Gasteiger partial charge in [0, 0.05) is 18.0 Å². The lowest BCUT2D eigenvalue weighted by Gasteiger charge is -2.24. The number of benzene rings is 1. The van der Waals surface area contributed by atoms with E-state index in [4.69, 9.17) is 9.15 Å². The van der Waals surface area contributed by atoms with Crippen LogP contribution in [0.5, 0.6) is 5.75 Å². The molecule has 152 valence electrons. The van der Waals surface area contributed by atoms with Gasteiger partial charge in [0.05, 0.1) is 31.5 Å². The van der Waals surface area contributed by atoms with Crippen molar-refractivity contribution in [1.82, 2.24) is 9.88 Å². The van der Waals surface area contributed by atoms with Crippen LogP contribution in [0.15, 0.2) is 71.1 Å². The lowest BCUT2D eigenvalue weighted by atomic mass is 9.96. The van der Waals surface area contributed by atoms with Gasteiger partial charge in [-0.1, -0.05) is 6.07 Å². The fraction of sp³-hybridized carbons (Fsp3) is 0.136. The van der Waals surface area contributed by atoms with E-state index in [1.165, 1.54) is 36.6 Å². The average molecular weight is 408 g/mol. The molecule has 1 fully saturated rings. The monoisotopic (exact) mass is 408 g/mol. The third-order valence-electron chi connectivity index (χ3n) is 4.87. The number of carbonyl (C=O) groups is 2. The number of ether oxygens (including phenoxy) is 1. The number of aliphatic hydroxyl groups is 1. The van der Waals surface area contributed by atoms with Crippen molar-refractivity contribution in [3.63, 3.8) is 0 Å². The number of likely N-dealkylation sites (tertiary alicyclic amines) is 1. The molecule has 0 bridgehead atoms. The number of ketones is 1. The summed E-state index contributed by atoms with van der Waals surface area (Å²) < 4.78 is 24.4. The van der Waals surface area contributed by atoms with Gasteiger partial charge in [0.15, 0.2) is 11.6 Å². The third-order valence-corrected chi connectivity index (χ3v) is 4.87. The van der Waals surface area contributed by atoms with Gasteiger partial charge in [-0.25, -0.2) is 4.39 Å². The summed E-state index contributed by atoms with van der Waals surface area (Å²) in [6.45, 7) is 0.0187. The molecule has 1 saturated heterocycles. The highest BCUT2D eigenvalue weighted by atomic mass is 19.1. The molecule has 0 saturated carbocycles. The Labute approximate surface area is 171 Å². The van der Waals surface area contributed by atoms with Crippen molar-refractivity contribution in [3.05, 3.63) is 89.4 Å². The summed E-state index contributed by atoms with van der Waals surface area (Å²) in [5, 5.41) is 10.9. The molecule has 4 rings (SSSR count). The van der Waals surface area contributed by atoms with Crippen molar-refractivity contribution in [2.45, 2.75) is 12.6 Å². The van der Waals surface area contributed by atoms with Gasteiger partial charge >= 0.3 is 0 Å². The Bertz CT molecular complexity index is 1130. The fourth-order valence-electron chi connectivity index (χ4n) is 3.47. The quantitative estimate of drug-likeness (QED) is 0.395. The molecular formula is C22H17FN2O5. The van der Waals surface area contributed by atoms with Gasteiger partial charge in [-0.05, 0) is 42.0 Å². The highest BCUT2D eigenvalue weighted by Gasteiger charge is 2.46. The molecule has 0 spiro atoms. The van der Waals surface area contributed by atoms with E-state index in [9.17, 15) is 19.1 Å². The summed E-state index contributed by atoms with van der Waals surface area (Å²) in [5.41, 5.74) is 0.432. The molecule has 1 aliphatic heterocycles. The number of nitrogens with zero attached hydrogens (tertiary/aromatic N) is 2. The number of Topliss-reactive ketones (excluding diaryl/α,β-unsaturated/α-hetero) is 1. The summed E-state index contributed by atoms with van der Waals surface area (Å²) in [6.07, 6.45) is 4.53. The Kier molecular flexibility index (Phi) is 5.05. The molecule has 3 heterocycles. The molecule has 0 radical (unpaired) electrons. The van der Waals surface area contributed by atoms with Gasteiger partial charge < -0.3 is 19.2 Å². The summed E-state index contributed by atoms with van der Waals surface area (Å²) in [5.74, 6) is -2.38. The maximum atomic E-state index is 14.2. The minimum absolute atomic E-state index is 0.00590. The number of furan rings is 1. The summed E-state index contributed by atoms with van der Waals surface area (Å²) in [6, 6.07) is 9.60. The predicted molar refractivity (Wildman–Crippen MR) is 104 cm³/mol. The number of amides is 1. The largest absolute Gasteiger partial charge is 0.507 e. The van der Waals surface area contributed by atoms with E-state index in [1.54, 1.807) is 30.5 Å². The van der Waals surface area contributed by atoms with Crippen LogP contribution in [0, 0.1) is 5.82 Å². The molecule has 3 aromatic rings. The molecule has 0 aliphatic carbocycles. The zero-order valence-corrected chi connectivity index (χ0v) is 15.9. The number of halogens is 1. The number of hydrogen-bond donors (Lipinski definition) is 1. The topological polar surface area (TPSA) is 92.9 Å². The van der Waals surface area contributed by atoms with E-state index in [2.05, 4.69) is 4.98 Å². The van der Waals surface area contributed by atoms with Crippen LogP contribution in [-0.4, -0.2) is 33.8 Å². The third kappa shape index (κ3) is 3.32. The average Bonchev–Trinajstić information content (AvgIpc) is 3.36. The minimum Gasteiger partial charge on any atom is -0.507 e. The van der Waals surface area contributed by atoms with Crippen LogP contribution < -0.4 is 4.74 Å². The molecule has 30 heavy (non-hydrogen) atoms. The SMILES string of the molecule is COc1ccc(/C(O)=C2/C(=O)C(=O)N(Cc3ccco3)C2c2cccnc2)cc1F. The first-order chi connectivity index (χ1) is 14.5. The van der Waals surface area contributed by atoms with Crippen LogP contribution in [0.1, 0.15) is 22.9 Å². The second-order valence-electron chi connectivity index (χ2n) is 6.64. The van der Waals surface area contributed by atoms with Crippen LogP contribution in [0.2, 0.25) is 0 Å². The van der Waals surface area contributed by atoms with E-state index in [-0.39, 0.29) is 23.4 Å². The number of carbonyl (C=O) groups excluding carboxylic acids is 2. The highest BCUT2D eigenvalue weighted by molar-refractivity contribution is 6.46. The van der Waals surface area contributed by atoms with Crippen molar-refractivity contribution in [1.29, 1.82) is 0 Å². The molecule has 1 unspecified atom stereocenters. The fourth-order valence-corrected chi connectivity index (χ4v) is 3.47. The van der Waals surface area contributed by atoms with Gasteiger partial charge in [-0.2, -0.15) is 0 Å². The second-order valence-corrected chi connectivity index (χ2v) is 6.64. The van der Waals surface area contributed by atoms with Crippen molar-refractivity contribution in [3.8, 4) is 5.75 Å². The molecule has 1 N–H and O–H groups in total. The molecule has 1 aliphatic rings. The first kappa shape index (κ1) is 19.4. The van der Waals surface area contributed by atoms with Crippen molar-refractivity contribution in [2.24, 2.45) is 0 Å². The van der Waals surface area contributed by atoms with Crippen LogP contribution >= 0.6 is 0 Å². The van der Waals surface area contributed by atoms with Gasteiger partial charge in [0.1, 0.15) is 11.5 Å². The molecule has 1 aromatic carbocycles. The smallest absolute Gasteiger partial charge is 0.296 e. The predicted octanol–water partition coefficient (Wildman–Crippen LogP) is 3.44. The van der Waals surface area contributed by atoms with E-state index in [0.29, 0.717) is 11.3 Å². The zero-order chi connectivity index (χ0) is 21.3. The maximum absolute atomic E-state index is 14.2. The second kappa shape index (κ2) is 7.82. The Morgan fingerprint density at radius 3 is 2.73 bits per heavy atom. The van der Waals surface area contributed by atoms with E-state index in [0.717, 1.165) is 6.07 Å². The van der Waals surface area contributed by atoms with E-state index < -0.39 is 29.3 Å². The molecular weight excluding hydrogens is 391 g/mol. The molecule has 8 heteroatoms. The van der Waals surface area contributed by atoms with Crippen molar-refractivity contribution < 1.29 is 28.2 Å². The van der Waals surface area contributed by atoms with Crippen LogP contribution in [0.4, 0.5) is 4.39 Å². The number of rotatable bonds is 5. The number of aromatic nitrogens is 1. The van der Waals surface area contributed by atoms with Crippen LogP contribution in [-0.2, 0) is 16.1 Å². The molecule has 1 amide bonds. The number of aliphatic hydroxyl groups excluding tert-OH is 1. The van der Waals surface area contributed by atoms with Crippen LogP contribution in [0.3, 0.4) is 0 Å². The van der Waals surface area contributed by atoms with Gasteiger partial charge in [0.25, 0.3) is 11.7 Å². The molecule has 7 nitrogen and oxygen atoms in total. The number of hydrogen-bond acceptors (Lipinski definition) is 6. The van der Waals surface area contributed by atoms with Crippen molar-refractivity contribution >= 4 is 17.4 Å². The summed E-state index contributed by atoms with van der Waals surface area (Å²) in [7, 11) is 1.32. The lowest BCUT2D eigenvalue weighted by Crippen LogP contribution is -2.29. The van der Waals surface area contributed by atoms with Crippen molar-refractivity contribution in [2.75, 3.05) is 7.11 Å². The van der Waals surface area contributed by atoms with Crippen LogP contribution in [0.25, 0.3) is 5.76 Å². The Morgan fingerprint density at radius 2 is 2.10 bits per heavy atom. The Hall–Kier alpha value is -3.94. The zero-order valence-electron chi connectivity index (χ0n) is 15.9. The lowest BCUT2D eigenvalue weighted by molar-refractivity contribution is -0.140. The number of pyridine rings is 1. The first-order valence-corrected chi connectivity index (χ1v) is 9.06. The van der Waals surface area contributed by atoms with Gasteiger partial charge in [-0.3, -0.25) is 14.6 Å². The van der Waals surface area contributed by atoms with Gasteiger partial charge in [0.2, 0.25) is 0 Å². The van der Waals surface area contributed by atoms with E-state index in [1.807, 2.05) is 0 Å². The molecule has 1 atom stereocenters. The minimum atomic E-state index is -0.908.